The van der Waals surface area contributed by atoms with E-state index in [4.69, 9.17) is 4.42 Å². The van der Waals surface area contributed by atoms with Crippen molar-refractivity contribution in [1.82, 2.24) is 9.29 Å². The predicted octanol–water partition coefficient (Wildman–Crippen LogP) is 3.36. The van der Waals surface area contributed by atoms with Crippen LogP contribution in [0.1, 0.15) is 23.2 Å². The van der Waals surface area contributed by atoms with Crippen molar-refractivity contribution in [3.8, 4) is 0 Å². The summed E-state index contributed by atoms with van der Waals surface area (Å²) in [6, 6.07) is 12.2. The molecule has 1 aromatic heterocycles. The first-order valence-electron chi connectivity index (χ1n) is 8.65. The fraction of sp³-hybridized carbons (Fsp3) is 0.211. The quantitative estimate of drug-likeness (QED) is 0.623. The third kappa shape index (κ3) is 3.77. The Kier molecular flexibility index (Phi) is 4.70. The van der Waals surface area contributed by atoms with Gasteiger partial charge in [0.2, 0.25) is 10.0 Å². The van der Waals surface area contributed by atoms with Gasteiger partial charge >= 0.3 is 5.91 Å². The van der Waals surface area contributed by atoms with Gasteiger partial charge in [-0.05, 0) is 42.8 Å². The van der Waals surface area contributed by atoms with E-state index in [1.165, 1.54) is 13.4 Å². The lowest BCUT2D eigenvalue weighted by molar-refractivity contribution is 0.0992. The summed E-state index contributed by atoms with van der Waals surface area (Å²) in [5, 5.41) is 2.74. The Morgan fingerprint density at radius 2 is 2.07 bits per heavy atom. The number of nitrogens with zero attached hydrogens (tertiary/aromatic N) is 3. The Morgan fingerprint density at radius 3 is 2.83 bits per heavy atom. The highest BCUT2D eigenvalue weighted by atomic mass is 79.9. The number of hydrogen-bond donors (Lipinski definition) is 1. The summed E-state index contributed by atoms with van der Waals surface area (Å²) in [6.07, 6.45) is 1.31. The molecule has 0 saturated carbocycles. The largest absolute Gasteiger partial charge is 0.432 e. The van der Waals surface area contributed by atoms with E-state index in [2.05, 4.69) is 31.2 Å². The number of fused-ring (bicyclic) bond motifs is 1. The summed E-state index contributed by atoms with van der Waals surface area (Å²) >= 11 is 3.35. The number of aromatic nitrogens is 1. The molecule has 0 fully saturated rings. The average Bonchev–Trinajstić information content (AvgIpc) is 3.08. The normalized spacial score (nSPS) is 20.7. The Morgan fingerprint density at radius 1 is 1.28 bits per heavy atom. The minimum Gasteiger partial charge on any atom is -0.432 e. The van der Waals surface area contributed by atoms with Gasteiger partial charge in [-0.15, -0.1) is 0 Å². The second-order valence-corrected chi connectivity index (χ2v) is 9.90. The first kappa shape index (κ1) is 19.6. The van der Waals surface area contributed by atoms with Gasteiger partial charge in [-0.2, -0.15) is 0 Å². The number of hydrogen-bond acceptors (Lipinski definition) is 6. The topological polar surface area (TPSA) is 105 Å². The molecule has 8 nitrogen and oxygen atoms in total. The molecule has 1 unspecified atom stereocenters. The highest BCUT2D eigenvalue weighted by Crippen LogP contribution is 2.32. The number of oxazole rings is 1. The van der Waals surface area contributed by atoms with Gasteiger partial charge in [0.25, 0.3) is 5.89 Å². The zero-order valence-electron chi connectivity index (χ0n) is 15.6. The van der Waals surface area contributed by atoms with E-state index in [-0.39, 0.29) is 11.6 Å². The summed E-state index contributed by atoms with van der Waals surface area (Å²) in [6.45, 7) is 1.74. The number of benzene rings is 2. The third-order valence-corrected chi connectivity index (χ3v) is 7.09. The maximum Gasteiger partial charge on any atom is 0.311 e. The summed E-state index contributed by atoms with van der Waals surface area (Å²) in [5.74, 6) is -0.724. The van der Waals surface area contributed by atoms with Gasteiger partial charge in [0.05, 0.1) is 12.1 Å². The molecule has 1 N–H and O–H groups in total. The molecule has 150 valence electrons. The van der Waals surface area contributed by atoms with Crippen molar-refractivity contribution in [3.05, 3.63) is 58.4 Å². The lowest BCUT2D eigenvalue weighted by Gasteiger charge is -2.32. The molecule has 0 aliphatic carbocycles. The van der Waals surface area contributed by atoms with Crippen LogP contribution in [0.25, 0.3) is 11.1 Å². The van der Waals surface area contributed by atoms with E-state index in [0.717, 1.165) is 8.78 Å². The van der Waals surface area contributed by atoms with Crippen molar-refractivity contribution in [3.63, 3.8) is 0 Å². The second kappa shape index (κ2) is 6.96. The van der Waals surface area contributed by atoms with Crippen molar-refractivity contribution in [2.75, 3.05) is 18.1 Å². The number of carbonyl (C=O) groups is 1. The number of halogens is 1. The van der Waals surface area contributed by atoms with Crippen molar-refractivity contribution < 1.29 is 17.6 Å². The molecular formula is C19H17BrN4O4S. The number of aliphatic imine (C=N–C) groups is 1. The van der Waals surface area contributed by atoms with Crippen LogP contribution in [0.15, 0.2) is 56.3 Å². The number of nitrogens with one attached hydrogen (secondary N) is 1. The van der Waals surface area contributed by atoms with Crippen LogP contribution < -0.4 is 5.32 Å². The zero-order chi connectivity index (χ0) is 20.8. The van der Waals surface area contributed by atoms with Gasteiger partial charge in [-0.1, -0.05) is 28.1 Å². The molecule has 1 aliphatic rings. The first-order chi connectivity index (χ1) is 13.7. The zero-order valence-corrected chi connectivity index (χ0v) is 18.0. The van der Waals surface area contributed by atoms with Crippen LogP contribution in [0.3, 0.4) is 0 Å². The molecule has 3 aromatic rings. The van der Waals surface area contributed by atoms with Crippen LogP contribution in [0.2, 0.25) is 0 Å². The van der Waals surface area contributed by atoms with Crippen molar-refractivity contribution in [1.29, 1.82) is 0 Å². The van der Waals surface area contributed by atoms with E-state index in [0.29, 0.717) is 22.4 Å². The molecular weight excluding hydrogens is 460 g/mol. The van der Waals surface area contributed by atoms with Crippen molar-refractivity contribution in [2.45, 2.75) is 12.5 Å². The van der Waals surface area contributed by atoms with E-state index in [9.17, 15) is 13.2 Å². The number of sulfonamides is 1. The smallest absolute Gasteiger partial charge is 0.311 e. The minimum atomic E-state index is -3.45. The van der Waals surface area contributed by atoms with Gasteiger partial charge in [0, 0.05) is 17.2 Å². The number of rotatable bonds is 3. The van der Waals surface area contributed by atoms with E-state index in [1.54, 1.807) is 43.3 Å². The highest BCUT2D eigenvalue weighted by molar-refractivity contribution is 9.10. The van der Waals surface area contributed by atoms with Gasteiger partial charge in [-0.3, -0.25) is 14.1 Å². The Labute approximate surface area is 175 Å². The first-order valence-corrected chi connectivity index (χ1v) is 11.1. The fourth-order valence-electron chi connectivity index (χ4n) is 3.04. The van der Waals surface area contributed by atoms with Gasteiger partial charge in [0.1, 0.15) is 11.1 Å². The number of amides is 1. The average molecular weight is 477 g/mol. The maximum atomic E-state index is 12.6. The SMILES string of the molecule is CN1C=NC(C)(c2cccc(NC(=O)c3nc4ccc(Br)cc4o3)c2)CS1(=O)=O. The van der Waals surface area contributed by atoms with Crippen LogP contribution in [0.5, 0.6) is 0 Å². The molecule has 0 radical (unpaired) electrons. The van der Waals surface area contributed by atoms with Crippen LogP contribution in [0.4, 0.5) is 5.69 Å². The summed E-state index contributed by atoms with van der Waals surface area (Å²) in [4.78, 5) is 21.2. The van der Waals surface area contributed by atoms with Gasteiger partial charge in [0.15, 0.2) is 5.58 Å². The van der Waals surface area contributed by atoms with Gasteiger partial charge < -0.3 is 9.73 Å². The Bertz CT molecular complexity index is 1250. The molecule has 10 heteroatoms. The van der Waals surface area contributed by atoms with Crippen LogP contribution >= 0.6 is 15.9 Å². The third-order valence-electron chi connectivity index (χ3n) is 4.69. The maximum absolute atomic E-state index is 12.6. The van der Waals surface area contributed by atoms with E-state index in [1.807, 2.05) is 6.07 Å². The standard InChI is InChI=1S/C19H17BrN4O4S/c1-19(10-29(26,27)24(2)11-21-19)12-4-3-5-14(8-12)22-17(25)18-23-15-7-6-13(20)9-16(15)28-18/h3-9,11H,10H2,1-2H3,(H,22,25). The predicted molar refractivity (Wildman–Crippen MR) is 113 cm³/mol. The fourth-order valence-corrected chi connectivity index (χ4v) is 4.73. The van der Waals surface area contributed by atoms with Crippen molar-refractivity contribution >= 4 is 55.0 Å². The summed E-state index contributed by atoms with van der Waals surface area (Å²) in [5.41, 5.74) is 1.28. The van der Waals surface area contributed by atoms with E-state index >= 15 is 0 Å². The molecule has 1 atom stereocenters. The molecule has 0 bridgehead atoms. The number of carbonyl (C=O) groups excluding carboxylic acids is 1. The van der Waals surface area contributed by atoms with E-state index < -0.39 is 21.5 Å². The van der Waals surface area contributed by atoms with Gasteiger partial charge in [-0.25, -0.2) is 13.4 Å². The van der Waals surface area contributed by atoms with Crippen LogP contribution in [0, 0.1) is 0 Å². The lowest BCUT2D eigenvalue weighted by atomic mass is 9.94. The molecule has 0 spiro atoms. The highest BCUT2D eigenvalue weighted by Gasteiger charge is 2.37. The lowest BCUT2D eigenvalue weighted by Crippen LogP contribution is -2.42. The molecule has 2 aromatic carbocycles. The molecule has 4 rings (SSSR count). The summed E-state index contributed by atoms with van der Waals surface area (Å²) < 4.78 is 32.0. The Balaban J connectivity index is 1.60. The molecule has 1 amide bonds. The minimum absolute atomic E-state index is 0.0606. The molecule has 29 heavy (non-hydrogen) atoms. The summed E-state index contributed by atoms with van der Waals surface area (Å²) in [7, 11) is -1.99. The van der Waals surface area contributed by atoms with Crippen LogP contribution in [-0.2, 0) is 15.6 Å². The molecule has 0 saturated heterocycles. The van der Waals surface area contributed by atoms with Crippen molar-refractivity contribution in [2.24, 2.45) is 4.99 Å². The van der Waals surface area contributed by atoms with Crippen LogP contribution in [-0.4, -0.2) is 42.8 Å². The molecule has 1 aliphatic heterocycles. The monoisotopic (exact) mass is 476 g/mol. The molecule has 2 heterocycles. The Hall–Kier alpha value is -2.72. The number of anilines is 1. The second-order valence-electron chi connectivity index (χ2n) is 6.96.